The second kappa shape index (κ2) is 3.88. The molecular formula is C11H18O. The third-order valence-electron chi connectivity index (χ3n) is 2.82. The van der Waals surface area contributed by atoms with Gasteiger partial charge in [-0.05, 0) is 32.1 Å². The minimum atomic E-state index is 0.274. The topological polar surface area (TPSA) is 17.1 Å². The zero-order valence-electron chi connectivity index (χ0n) is 8.10. The summed E-state index contributed by atoms with van der Waals surface area (Å²) in [5.41, 5.74) is 1.21. The Morgan fingerprint density at radius 1 is 1.67 bits per heavy atom. The van der Waals surface area contributed by atoms with Crippen molar-refractivity contribution in [3.05, 3.63) is 12.2 Å². The summed E-state index contributed by atoms with van der Waals surface area (Å²) < 4.78 is 0. The minimum Gasteiger partial charge on any atom is -0.299 e. The van der Waals surface area contributed by atoms with Crippen molar-refractivity contribution < 1.29 is 4.79 Å². The first kappa shape index (κ1) is 9.50. The predicted octanol–water partition coefficient (Wildman–Crippen LogP) is 2.96. The summed E-state index contributed by atoms with van der Waals surface area (Å²) in [7, 11) is 0. The highest BCUT2D eigenvalue weighted by molar-refractivity contribution is 5.81. The predicted molar refractivity (Wildman–Crippen MR) is 50.9 cm³/mol. The molecule has 0 amide bonds. The van der Waals surface area contributed by atoms with Crippen LogP contribution in [0.4, 0.5) is 0 Å². The van der Waals surface area contributed by atoms with Crippen LogP contribution in [0.15, 0.2) is 12.2 Å². The van der Waals surface area contributed by atoms with Gasteiger partial charge in [0.1, 0.15) is 5.78 Å². The molecule has 2 unspecified atom stereocenters. The van der Waals surface area contributed by atoms with E-state index in [1.54, 1.807) is 0 Å². The van der Waals surface area contributed by atoms with E-state index in [4.69, 9.17) is 0 Å². The number of Topliss-reactive ketones (excluding diaryl/α,β-unsaturated/α-hetero) is 1. The molecule has 0 aliphatic heterocycles. The van der Waals surface area contributed by atoms with Gasteiger partial charge in [0.05, 0.1) is 0 Å². The highest BCUT2D eigenvalue weighted by atomic mass is 16.1. The molecule has 0 radical (unpaired) electrons. The van der Waals surface area contributed by atoms with Crippen LogP contribution in [-0.2, 0) is 4.79 Å². The Hall–Kier alpha value is -0.590. The number of hydrogen-bond donors (Lipinski definition) is 0. The molecule has 68 valence electrons. The zero-order valence-corrected chi connectivity index (χ0v) is 8.10. The van der Waals surface area contributed by atoms with Crippen LogP contribution in [0.25, 0.3) is 0 Å². The fourth-order valence-electron chi connectivity index (χ4n) is 2.01. The Labute approximate surface area is 74.9 Å². The van der Waals surface area contributed by atoms with Crippen LogP contribution >= 0.6 is 0 Å². The number of carbonyl (C=O) groups excluding carboxylic acids is 1. The van der Waals surface area contributed by atoms with Crippen LogP contribution in [0, 0.1) is 11.8 Å². The second-order valence-electron chi connectivity index (χ2n) is 4.07. The van der Waals surface area contributed by atoms with E-state index >= 15 is 0 Å². The van der Waals surface area contributed by atoms with E-state index in [1.165, 1.54) is 12.0 Å². The Morgan fingerprint density at radius 3 is 2.92 bits per heavy atom. The van der Waals surface area contributed by atoms with Crippen LogP contribution in [0.5, 0.6) is 0 Å². The lowest BCUT2D eigenvalue weighted by Crippen LogP contribution is -2.25. The van der Waals surface area contributed by atoms with Crippen LogP contribution in [-0.4, -0.2) is 5.78 Å². The van der Waals surface area contributed by atoms with Gasteiger partial charge >= 0.3 is 0 Å². The first-order chi connectivity index (χ1) is 5.61. The summed E-state index contributed by atoms with van der Waals surface area (Å²) in [4.78, 5) is 11.4. The highest BCUT2D eigenvalue weighted by Gasteiger charge is 2.27. The lowest BCUT2D eigenvalue weighted by Gasteiger charge is -2.27. The van der Waals surface area contributed by atoms with Gasteiger partial charge in [-0.3, -0.25) is 4.79 Å². The zero-order chi connectivity index (χ0) is 9.14. The van der Waals surface area contributed by atoms with Crippen molar-refractivity contribution in [3.8, 4) is 0 Å². The van der Waals surface area contributed by atoms with Crippen molar-refractivity contribution in [2.45, 2.75) is 39.5 Å². The molecule has 0 N–H and O–H groups in total. The van der Waals surface area contributed by atoms with Crippen LogP contribution in [0.3, 0.4) is 0 Å². The largest absolute Gasteiger partial charge is 0.299 e. The van der Waals surface area contributed by atoms with E-state index < -0.39 is 0 Å². The lowest BCUT2D eigenvalue weighted by molar-refractivity contribution is -0.125. The first-order valence-corrected chi connectivity index (χ1v) is 4.78. The van der Waals surface area contributed by atoms with Gasteiger partial charge in [0.15, 0.2) is 0 Å². The Kier molecular flexibility index (Phi) is 3.07. The van der Waals surface area contributed by atoms with E-state index in [0.29, 0.717) is 11.7 Å². The molecule has 12 heavy (non-hydrogen) atoms. The molecular weight excluding hydrogens is 148 g/mol. The molecule has 0 aromatic rings. The second-order valence-corrected chi connectivity index (χ2v) is 4.07. The molecule has 1 aliphatic carbocycles. The maximum Gasteiger partial charge on any atom is 0.135 e. The van der Waals surface area contributed by atoms with Gasteiger partial charge in [-0.25, -0.2) is 0 Å². The summed E-state index contributed by atoms with van der Waals surface area (Å²) in [5.74, 6) is 1.30. The van der Waals surface area contributed by atoms with Crippen LogP contribution in [0.1, 0.15) is 39.5 Å². The molecule has 0 spiro atoms. The molecule has 0 aromatic carbocycles. The minimum absolute atomic E-state index is 0.274. The molecule has 0 saturated heterocycles. The number of allylic oxidation sites excluding steroid dienone is 1. The molecule has 1 rings (SSSR count). The van der Waals surface area contributed by atoms with Crippen LogP contribution < -0.4 is 0 Å². The van der Waals surface area contributed by atoms with Gasteiger partial charge in [0.2, 0.25) is 0 Å². The molecule has 1 nitrogen and oxygen atoms in total. The van der Waals surface area contributed by atoms with E-state index in [-0.39, 0.29) is 5.92 Å². The third kappa shape index (κ3) is 2.20. The summed E-state index contributed by atoms with van der Waals surface area (Å²) >= 11 is 0. The van der Waals surface area contributed by atoms with E-state index in [9.17, 15) is 4.79 Å². The average Bonchev–Trinajstić information content (AvgIpc) is 1.98. The van der Waals surface area contributed by atoms with Gasteiger partial charge in [-0.1, -0.05) is 12.5 Å². The van der Waals surface area contributed by atoms with Gasteiger partial charge in [-0.15, -0.1) is 6.58 Å². The molecule has 2 atom stereocenters. The fourth-order valence-corrected chi connectivity index (χ4v) is 2.01. The molecule has 1 heteroatoms. The molecule has 0 bridgehead atoms. The van der Waals surface area contributed by atoms with Crippen molar-refractivity contribution in [3.63, 3.8) is 0 Å². The van der Waals surface area contributed by atoms with E-state index in [0.717, 1.165) is 19.3 Å². The smallest absolute Gasteiger partial charge is 0.135 e. The van der Waals surface area contributed by atoms with Crippen molar-refractivity contribution in [2.24, 2.45) is 11.8 Å². The van der Waals surface area contributed by atoms with E-state index in [2.05, 4.69) is 13.5 Å². The van der Waals surface area contributed by atoms with Crippen molar-refractivity contribution in [2.75, 3.05) is 0 Å². The monoisotopic (exact) mass is 166 g/mol. The van der Waals surface area contributed by atoms with Gasteiger partial charge in [0.25, 0.3) is 0 Å². The number of hydrogen-bond acceptors (Lipinski definition) is 1. The molecule has 1 aliphatic rings. The third-order valence-corrected chi connectivity index (χ3v) is 2.82. The number of carbonyl (C=O) groups is 1. The summed E-state index contributed by atoms with van der Waals surface area (Å²) in [5, 5.41) is 0. The van der Waals surface area contributed by atoms with Gasteiger partial charge in [0, 0.05) is 12.3 Å². The average molecular weight is 166 g/mol. The summed E-state index contributed by atoms with van der Waals surface area (Å²) in [6, 6.07) is 0. The molecule has 0 heterocycles. The number of ketones is 1. The Morgan fingerprint density at radius 2 is 2.33 bits per heavy atom. The molecule has 1 fully saturated rings. The lowest BCUT2D eigenvalue weighted by atomic mass is 9.77. The molecule has 1 saturated carbocycles. The molecule has 0 aromatic heterocycles. The summed E-state index contributed by atoms with van der Waals surface area (Å²) in [6.45, 7) is 8.01. The standard InChI is InChI=1S/C11H18O/c1-8(2)7-10-5-4-6-11(12)9(10)3/h9-10H,1,4-7H2,2-3H3. The van der Waals surface area contributed by atoms with Crippen molar-refractivity contribution >= 4 is 5.78 Å². The highest BCUT2D eigenvalue weighted by Crippen LogP contribution is 2.31. The van der Waals surface area contributed by atoms with Gasteiger partial charge < -0.3 is 0 Å². The SMILES string of the molecule is C=C(C)CC1CCCC(=O)C1C. The summed E-state index contributed by atoms with van der Waals surface area (Å²) in [6.07, 6.45) is 4.13. The fraction of sp³-hybridized carbons (Fsp3) is 0.727. The Bertz CT molecular complexity index is 193. The first-order valence-electron chi connectivity index (χ1n) is 4.78. The van der Waals surface area contributed by atoms with E-state index in [1.807, 2.05) is 6.92 Å². The van der Waals surface area contributed by atoms with Crippen molar-refractivity contribution in [1.29, 1.82) is 0 Å². The number of rotatable bonds is 2. The van der Waals surface area contributed by atoms with Gasteiger partial charge in [-0.2, -0.15) is 0 Å². The van der Waals surface area contributed by atoms with Crippen LogP contribution in [0.2, 0.25) is 0 Å². The maximum absolute atomic E-state index is 11.4. The quantitative estimate of drug-likeness (QED) is 0.576. The Balaban J connectivity index is 2.52. The van der Waals surface area contributed by atoms with Crippen molar-refractivity contribution in [1.82, 2.24) is 0 Å². The normalized spacial score (nSPS) is 30.3. The maximum atomic E-state index is 11.4.